The summed E-state index contributed by atoms with van der Waals surface area (Å²) < 4.78 is 51.5. The van der Waals surface area contributed by atoms with Crippen molar-refractivity contribution in [1.29, 1.82) is 0 Å². The third kappa shape index (κ3) is 6.42. The van der Waals surface area contributed by atoms with E-state index in [0.717, 1.165) is 50.3 Å². The monoisotopic (exact) mass is 499 g/mol. The van der Waals surface area contributed by atoms with Gasteiger partial charge < -0.3 is 24.3 Å². The first-order valence-electron chi connectivity index (χ1n) is 11.4. The summed E-state index contributed by atoms with van der Waals surface area (Å²) in [5, 5.41) is 2.80. The molecule has 4 rings (SSSR count). The summed E-state index contributed by atoms with van der Waals surface area (Å²) in [4.78, 5) is 24.5. The van der Waals surface area contributed by atoms with Crippen LogP contribution < -0.4 is 10.2 Å². The molecule has 1 atom stereocenters. The maximum absolute atomic E-state index is 13.5. The van der Waals surface area contributed by atoms with Crippen molar-refractivity contribution in [1.82, 2.24) is 20.2 Å². The summed E-state index contributed by atoms with van der Waals surface area (Å²) in [5.41, 5.74) is -0.966. The second kappa shape index (κ2) is 11.0. The zero-order valence-corrected chi connectivity index (χ0v) is 19.8. The van der Waals surface area contributed by atoms with Crippen LogP contribution in [0, 0.1) is 0 Å². The molecule has 1 amide bonds. The van der Waals surface area contributed by atoms with Crippen molar-refractivity contribution in [2.75, 3.05) is 50.8 Å². The molecule has 0 aliphatic carbocycles. The number of carbonyl (C=O) groups excluding carboxylic acids is 1. The third-order valence-electron chi connectivity index (χ3n) is 5.87. The van der Waals surface area contributed by atoms with Crippen LogP contribution in [0.25, 0.3) is 0 Å². The Labute approximate surface area is 200 Å². The molecule has 12 heteroatoms. The molecule has 34 heavy (non-hydrogen) atoms. The Morgan fingerprint density at radius 1 is 1.24 bits per heavy atom. The Morgan fingerprint density at radius 3 is 2.71 bits per heavy atom. The summed E-state index contributed by atoms with van der Waals surface area (Å²) in [6.45, 7) is 6.84. The first-order chi connectivity index (χ1) is 16.3. The number of nitrogens with one attached hydrogen (secondary N) is 1. The zero-order chi connectivity index (χ0) is 24.1. The highest BCUT2D eigenvalue weighted by Gasteiger charge is 2.34. The van der Waals surface area contributed by atoms with E-state index >= 15 is 0 Å². The number of likely N-dealkylation sites (N-methyl/N-ethyl adjacent to an activating group) is 1. The second-order valence-electron chi connectivity index (χ2n) is 8.21. The van der Waals surface area contributed by atoms with Gasteiger partial charge in [-0.3, -0.25) is 4.79 Å². The van der Waals surface area contributed by atoms with Gasteiger partial charge in [-0.1, -0.05) is 18.7 Å². The number of rotatable bonds is 8. The van der Waals surface area contributed by atoms with E-state index in [4.69, 9.17) is 9.15 Å². The number of furan rings is 1. The predicted molar refractivity (Wildman–Crippen MR) is 121 cm³/mol. The van der Waals surface area contributed by atoms with Crippen LogP contribution in [0.2, 0.25) is 0 Å². The Hall–Kier alpha value is -2.31. The van der Waals surface area contributed by atoms with Crippen LogP contribution in [0.1, 0.15) is 41.8 Å². The topological polar surface area (TPSA) is 83.7 Å². The minimum absolute atomic E-state index is 0.0172. The highest BCUT2D eigenvalue weighted by atomic mass is 32.2. The van der Waals surface area contributed by atoms with E-state index in [9.17, 15) is 18.0 Å². The summed E-state index contributed by atoms with van der Waals surface area (Å²) in [7, 11) is 0. The standard InChI is InChI=1S/C22H28F3N5O3S/c1-2-29-7-9-30(10-8-29)19-12-18(22(23,24)25)27-21(28-19)34-14-16-5-6-17(33-16)20(31)26-13-15-4-3-11-32-15/h5-6,12,15H,2-4,7-11,13-14H2,1H3,(H,26,31). The number of nitrogens with zero attached hydrogens (tertiary/aromatic N) is 4. The van der Waals surface area contributed by atoms with E-state index < -0.39 is 11.9 Å². The van der Waals surface area contributed by atoms with Gasteiger partial charge in [-0.2, -0.15) is 13.2 Å². The molecule has 2 aromatic rings. The van der Waals surface area contributed by atoms with Crippen LogP contribution in [0.15, 0.2) is 27.8 Å². The molecule has 0 aromatic carbocycles. The minimum Gasteiger partial charge on any atom is -0.455 e. The van der Waals surface area contributed by atoms with Crippen LogP contribution in [-0.4, -0.2) is 72.8 Å². The van der Waals surface area contributed by atoms with Gasteiger partial charge in [0.2, 0.25) is 0 Å². The number of piperazine rings is 1. The molecule has 1 N–H and O–H groups in total. The van der Waals surface area contributed by atoms with Gasteiger partial charge in [-0.05, 0) is 31.5 Å². The van der Waals surface area contributed by atoms with E-state index in [-0.39, 0.29) is 34.5 Å². The van der Waals surface area contributed by atoms with Gasteiger partial charge in [-0.15, -0.1) is 0 Å². The molecule has 0 radical (unpaired) electrons. The Balaban J connectivity index is 1.39. The molecule has 2 saturated heterocycles. The molecule has 8 nitrogen and oxygen atoms in total. The number of amides is 1. The number of carbonyl (C=O) groups is 1. The highest BCUT2D eigenvalue weighted by Crippen LogP contribution is 2.32. The van der Waals surface area contributed by atoms with Gasteiger partial charge in [-0.25, -0.2) is 9.97 Å². The van der Waals surface area contributed by atoms with Crippen molar-refractivity contribution in [3.8, 4) is 0 Å². The second-order valence-corrected chi connectivity index (χ2v) is 9.16. The van der Waals surface area contributed by atoms with Gasteiger partial charge in [0.15, 0.2) is 16.6 Å². The molecule has 2 aromatic heterocycles. The lowest BCUT2D eigenvalue weighted by atomic mass is 10.2. The normalized spacial score (nSPS) is 19.5. The highest BCUT2D eigenvalue weighted by molar-refractivity contribution is 7.98. The van der Waals surface area contributed by atoms with E-state index in [0.29, 0.717) is 32.0 Å². The summed E-state index contributed by atoms with van der Waals surface area (Å²) >= 11 is 1.04. The number of hydrogen-bond acceptors (Lipinski definition) is 8. The molecule has 1 unspecified atom stereocenters. The fourth-order valence-corrected chi connectivity index (χ4v) is 4.64. The molecule has 0 spiro atoms. The average molecular weight is 500 g/mol. The third-order valence-corrected chi connectivity index (χ3v) is 6.74. The van der Waals surface area contributed by atoms with Gasteiger partial charge in [0.25, 0.3) is 5.91 Å². The number of anilines is 1. The predicted octanol–water partition coefficient (Wildman–Crippen LogP) is 3.43. The summed E-state index contributed by atoms with van der Waals surface area (Å²) in [5.74, 6) is 0.716. The SMILES string of the molecule is CCN1CCN(c2cc(C(F)(F)F)nc(SCc3ccc(C(=O)NCC4CCCO4)o3)n2)CC1. The Bertz CT molecular complexity index is 973. The number of hydrogen-bond donors (Lipinski definition) is 1. The largest absolute Gasteiger partial charge is 0.455 e. The molecule has 0 saturated carbocycles. The van der Waals surface area contributed by atoms with E-state index in [1.807, 2.05) is 4.90 Å². The Kier molecular flexibility index (Phi) is 7.99. The van der Waals surface area contributed by atoms with Crippen molar-refractivity contribution in [2.24, 2.45) is 0 Å². The zero-order valence-electron chi connectivity index (χ0n) is 18.9. The maximum atomic E-state index is 13.5. The lowest BCUT2D eigenvalue weighted by Gasteiger charge is -2.35. The van der Waals surface area contributed by atoms with Crippen LogP contribution in [0.3, 0.4) is 0 Å². The molecule has 2 aliphatic heterocycles. The van der Waals surface area contributed by atoms with Gasteiger partial charge >= 0.3 is 6.18 Å². The Morgan fingerprint density at radius 2 is 2.03 bits per heavy atom. The van der Waals surface area contributed by atoms with E-state index in [1.165, 1.54) is 0 Å². The average Bonchev–Trinajstić information content (AvgIpc) is 3.53. The van der Waals surface area contributed by atoms with Crippen molar-refractivity contribution in [3.63, 3.8) is 0 Å². The number of aromatic nitrogens is 2. The molecule has 186 valence electrons. The number of alkyl halides is 3. The van der Waals surface area contributed by atoms with Crippen molar-refractivity contribution >= 4 is 23.5 Å². The number of ether oxygens (including phenoxy) is 1. The smallest absolute Gasteiger partial charge is 0.433 e. The van der Waals surface area contributed by atoms with Crippen LogP contribution >= 0.6 is 11.8 Å². The summed E-state index contributed by atoms with van der Waals surface area (Å²) in [6, 6.07) is 4.19. The molecular weight excluding hydrogens is 471 g/mol. The summed E-state index contributed by atoms with van der Waals surface area (Å²) in [6.07, 6.45) is -2.66. The fourth-order valence-electron chi connectivity index (χ4n) is 3.89. The maximum Gasteiger partial charge on any atom is 0.433 e. The van der Waals surface area contributed by atoms with Gasteiger partial charge in [0.1, 0.15) is 11.6 Å². The number of thioether (sulfide) groups is 1. The first-order valence-corrected chi connectivity index (χ1v) is 12.4. The van der Waals surface area contributed by atoms with E-state index in [2.05, 4.69) is 27.1 Å². The number of halogens is 3. The molecule has 4 heterocycles. The van der Waals surface area contributed by atoms with E-state index in [1.54, 1.807) is 12.1 Å². The lowest BCUT2D eigenvalue weighted by Crippen LogP contribution is -2.46. The van der Waals surface area contributed by atoms with Crippen LogP contribution in [-0.2, 0) is 16.7 Å². The quantitative estimate of drug-likeness (QED) is 0.437. The van der Waals surface area contributed by atoms with Crippen molar-refractivity contribution < 1.29 is 27.1 Å². The minimum atomic E-state index is -4.57. The first kappa shape index (κ1) is 24.8. The molecule has 2 fully saturated rings. The van der Waals surface area contributed by atoms with Gasteiger partial charge in [0, 0.05) is 45.4 Å². The lowest BCUT2D eigenvalue weighted by molar-refractivity contribution is -0.141. The van der Waals surface area contributed by atoms with Crippen LogP contribution in [0.4, 0.5) is 19.0 Å². The fraction of sp³-hybridized carbons (Fsp3) is 0.591. The molecule has 0 bridgehead atoms. The van der Waals surface area contributed by atoms with Crippen molar-refractivity contribution in [2.45, 2.75) is 43.0 Å². The van der Waals surface area contributed by atoms with Crippen molar-refractivity contribution in [3.05, 3.63) is 35.4 Å². The van der Waals surface area contributed by atoms with Gasteiger partial charge in [0.05, 0.1) is 11.9 Å². The molecule has 2 aliphatic rings. The molecular formula is C22H28F3N5O3S. The van der Waals surface area contributed by atoms with Crippen LogP contribution in [0.5, 0.6) is 0 Å².